The molecule has 0 aliphatic rings. The maximum atomic E-state index is 12.2. The van der Waals surface area contributed by atoms with E-state index in [1.807, 2.05) is 35.7 Å². The van der Waals surface area contributed by atoms with Gasteiger partial charge in [0.15, 0.2) is 0 Å². The van der Waals surface area contributed by atoms with Crippen molar-refractivity contribution >= 4 is 58.7 Å². The predicted octanol–water partition coefficient (Wildman–Crippen LogP) is 2.56. The second kappa shape index (κ2) is 11.7. The Hall–Kier alpha value is -3.89. The number of rotatable bonds is 5. The zero-order chi connectivity index (χ0) is 26.3. The average Bonchev–Trinajstić information content (AvgIpc) is 3.35. The number of nitrogens with zero attached hydrogens (tertiary/aromatic N) is 1. The first-order valence-electron chi connectivity index (χ1n) is 10.4. The summed E-state index contributed by atoms with van der Waals surface area (Å²) in [6.45, 7) is 1.29. The Labute approximate surface area is 213 Å². The van der Waals surface area contributed by atoms with Crippen molar-refractivity contribution in [2.24, 2.45) is 0 Å². The number of nitrogens with one attached hydrogen (secondary N) is 2. The summed E-state index contributed by atoms with van der Waals surface area (Å²) in [6.07, 6.45) is 1.75. The third-order valence-electron chi connectivity index (χ3n) is 4.63. The van der Waals surface area contributed by atoms with Gasteiger partial charge in [-0.2, -0.15) is 0 Å². The number of aromatic nitrogens is 1. The minimum atomic E-state index is -5.09. The first-order chi connectivity index (χ1) is 17.0. The van der Waals surface area contributed by atoms with E-state index in [0.29, 0.717) is 16.9 Å². The van der Waals surface area contributed by atoms with Gasteiger partial charge in [-0.1, -0.05) is 18.2 Å². The summed E-state index contributed by atoms with van der Waals surface area (Å²) >= 11 is -3.55. The van der Waals surface area contributed by atoms with E-state index in [1.54, 1.807) is 35.7 Å². The Morgan fingerprint density at radius 2 is 1.72 bits per heavy atom. The van der Waals surface area contributed by atoms with Crippen molar-refractivity contribution in [1.29, 1.82) is 0 Å². The van der Waals surface area contributed by atoms with Crippen molar-refractivity contribution in [1.82, 2.24) is 4.98 Å². The van der Waals surface area contributed by atoms with Crippen molar-refractivity contribution in [3.63, 3.8) is 0 Å². The molecule has 10 nitrogen and oxygen atoms in total. The van der Waals surface area contributed by atoms with Crippen LogP contribution in [0.5, 0.6) is 5.75 Å². The molecule has 0 saturated heterocycles. The van der Waals surface area contributed by atoms with Gasteiger partial charge in [-0.25, -0.2) is 4.98 Å². The zero-order valence-corrected chi connectivity index (χ0v) is 21.6. The van der Waals surface area contributed by atoms with Crippen LogP contribution in [0, 0.1) is 0 Å². The molecule has 186 valence electrons. The molecule has 0 radical (unpaired) electrons. The fourth-order valence-electron chi connectivity index (χ4n) is 3.00. The van der Waals surface area contributed by atoms with Crippen LogP contribution in [-0.4, -0.2) is 44.3 Å². The van der Waals surface area contributed by atoms with Crippen LogP contribution in [0.15, 0.2) is 78.3 Å². The number of carbonyl (C=O) groups excluding carboxylic acids is 2. The maximum Gasteiger partial charge on any atom is 0.255 e. The summed E-state index contributed by atoms with van der Waals surface area (Å²) in [5.41, 5.74) is 8.87. The van der Waals surface area contributed by atoms with E-state index in [-0.39, 0.29) is 17.5 Å². The van der Waals surface area contributed by atoms with Gasteiger partial charge in [0.25, 0.3) is 5.91 Å². The fourth-order valence-corrected chi connectivity index (χ4v) is 4.96. The van der Waals surface area contributed by atoms with E-state index >= 15 is 0 Å². The minimum absolute atomic E-state index is 0.182. The van der Waals surface area contributed by atoms with Crippen molar-refractivity contribution < 1.29 is 26.6 Å². The molecule has 4 aromatic rings. The van der Waals surface area contributed by atoms with Crippen LogP contribution < -0.4 is 20.7 Å². The minimum Gasteiger partial charge on any atom is -0.397 e. The molecule has 0 saturated carbocycles. The number of nitrogen functional groups attached to an aromatic ring is 1. The Bertz CT molecular complexity index is 1410. The molecule has 0 aliphatic carbocycles. The topological polar surface area (TPSA) is 175 Å². The molecular formula is C24H23AsN4O6S. The Kier molecular flexibility index (Phi) is 8.68. The molecule has 0 aliphatic heterocycles. The largest absolute Gasteiger partial charge is 0.397 e. The Morgan fingerprint density at radius 1 is 1.00 bits per heavy atom. The maximum absolute atomic E-state index is 12.2. The van der Waals surface area contributed by atoms with Crippen LogP contribution in [0.1, 0.15) is 17.3 Å². The van der Waals surface area contributed by atoms with Gasteiger partial charge in [0.1, 0.15) is 5.01 Å². The predicted molar refractivity (Wildman–Crippen MR) is 139 cm³/mol. The fraction of sp³-hybridized carbons (Fsp3) is 0.0417. The Balaban J connectivity index is 0.000000214. The average molecular weight is 570 g/mol. The number of hydrogen-bond donors (Lipinski definition) is 6. The standard InChI is InChI=1S/C16H13N3OS.C8H10AsNO5/c17-13-7-6-12(16-18-8-9-21-16)10-14(13)19-15(20)11-4-2-1-3-5-11;1-5(11)10-6-2-3-7(8(12)4-6)9(13,14)15/h1-10H,17H2,(H,19,20);2-4,12H,1H3,(H,10,11)(H2,13,14,15). The van der Waals surface area contributed by atoms with Gasteiger partial charge in [-0.05, 0) is 30.3 Å². The van der Waals surface area contributed by atoms with Crippen molar-refractivity contribution in [2.45, 2.75) is 6.92 Å². The van der Waals surface area contributed by atoms with Gasteiger partial charge in [-0.15, -0.1) is 11.3 Å². The van der Waals surface area contributed by atoms with E-state index in [0.717, 1.165) is 22.7 Å². The normalized spacial score (nSPS) is 10.6. The number of nitrogens with two attached hydrogens (primary N) is 1. The van der Waals surface area contributed by atoms with E-state index in [9.17, 15) is 18.4 Å². The quantitative estimate of drug-likeness (QED) is 0.157. The molecule has 1 heterocycles. The second-order valence-corrected chi connectivity index (χ2v) is 11.6. The van der Waals surface area contributed by atoms with E-state index in [4.69, 9.17) is 13.9 Å². The molecule has 0 bridgehead atoms. The van der Waals surface area contributed by atoms with Crippen LogP contribution in [0.4, 0.5) is 17.1 Å². The molecule has 7 N–H and O–H groups in total. The summed E-state index contributed by atoms with van der Waals surface area (Å²) in [5.74, 6) is -1.03. The number of thiazole rings is 1. The molecule has 36 heavy (non-hydrogen) atoms. The summed E-state index contributed by atoms with van der Waals surface area (Å²) in [5, 5.41) is 17.3. The number of phenolic OH excluding ortho intramolecular Hbond substituents is 1. The van der Waals surface area contributed by atoms with Crippen molar-refractivity contribution in [2.75, 3.05) is 16.4 Å². The summed E-state index contributed by atoms with van der Waals surface area (Å²) < 4.78 is 28.2. The monoisotopic (exact) mass is 570 g/mol. The van der Waals surface area contributed by atoms with E-state index < -0.39 is 24.3 Å². The molecule has 4 rings (SSSR count). The van der Waals surface area contributed by atoms with Crippen molar-refractivity contribution in [3.05, 3.63) is 83.9 Å². The summed E-state index contributed by atoms with van der Waals surface area (Å²) in [4.78, 5) is 27.1. The van der Waals surface area contributed by atoms with Gasteiger partial charge in [0.2, 0.25) is 0 Å². The van der Waals surface area contributed by atoms with Crippen LogP contribution in [0.2, 0.25) is 0 Å². The number of anilines is 3. The van der Waals surface area contributed by atoms with Gasteiger partial charge >= 0.3 is 88.1 Å². The van der Waals surface area contributed by atoms with Gasteiger partial charge in [0, 0.05) is 22.7 Å². The van der Waals surface area contributed by atoms with Crippen LogP contribution in [0.25, 0.3) is 10.6 Å². The third-order valence-corrected chi connectivity index (χ3v) is 7.56. The molecule has 1 aromatic heterocycles. The number of carbonyl (C=O) groups is 2. The van der Waals surface area contributed by atoms with Crippen molar-refractivity contribution in [3.8, 4) is 16.3 Å². The van der Waals surface area contributed by atoms with Crippen LogP contribution in [-0.2, 0) is 8.53 Å². The molecular weight excluding hydrogens is 547 g/mol. The summed E-state index contributed by atoms with van der Waals surface area (Å²) in [6, 6.07) is 18.1. The van der Waals surface area contributed by atoms with Gasteiger partial charge in [0.05, 0.1) is 11.4 Å². The molecule has 3 aromatic carbocycles. The van der Waals surface area contributed by atoms with E-state index in [2.05, 4.69) is 15.6 Å². The van der Waals surface area contributed by atoms with Gasteiger partial charge in [-0.3, -0.25) is 4.79 Å². The zero-order valence-electron chi connectivity index (χ0n) is 19.0. The number of phenols is 1. The molecule has 0 spiro atoms. The molecule has 12 heteroatoms. The first-order valence-corrected chi connectivity index (χ1v) is 14.6. The molecule has 2 amide bonds. The van der Waals surface area contributed by atoms with Gasteiger partial charge < -0.3 is 11.1 Å². The molecule has 0 atom stereocenters. The first kappa shape index (κ1) is 26.7. The third kappa shape index (κ3) is 7.30. The van der Waals surface area contributed by atoms with Crippen LogP contribution in [0.3, 0.4) is 0 Å². The number of amides is 2. The smallest absolute Gasteiger partial charge is 0.255 e. The Morgan fingerprint density at radius 3 is 2.31 bits per heavy atom. The molecule has 0 unspecified atom stereocenters. The molecule has 0 fully saturated rings. The van der Waals surface area contributed by atoms with Crippen LogP contribution >= 0.6 is 11.3 Å². The number of aromatic hydroxyl groups is 1. The second-order valence-electron chi connectivity index (χ2n) is 7.39. The summed E-state index contributed by atoms with van der Waals surface area (Å²) in [7, 11) is 0. The van der Waals surface area contributed by atoms with E-state index in [1.165, 1.54) is 13.0 Å². The SMILES string of the molecule is CC(=O)Nc1ccc([As](=O)(O)O)c(O)c1.Nc1ccc(-c2nccs2)cc1NC(=O)c1ccccc1. The number of hydrogen-bond acceptors (Lipinski definition) is 7. The number of benzene rings is 3.